The minimum atomic E-state index is 0.134. The van der Waals surface area contributed by atoms with E-state index < -0.39 is 0 Å². The van der Waals surface area contributed by atoms with E-state index in [1.807, 2.05) is 24.5 Å². The molecule has 0 atom stereocenters. The van der Waals surface area contributed by atoms with E-state index in [9.17, 15) is 0 Å². The lowest BCUT2D eigenvalue weighted by molar-refractivity contribution is 0.426. The van der Waals surface area contributed by atoms with Gasteiger partial charge in [0.25, 0.3) is 0 Å². The van der Waals surface area contributed by atoms with Gasteiger partial charge in [0.2, 0.25) is 0 Å². The average Bonchev–Trinajstić information content (AvgIpc) is 2.92. The van der Waals surface area contributed by atoms with Crippen LogP contribution in [0.5, 0.6) is 0 Å². The van der Waals surface area contributed by atoms with Gasteiger partial charge >= 0.3 is 0 Å². The maximum absolute atomic E-state index is 4.51. The summed E-state index contributed by atoms with van der Waals surface area (Å²) < 4.78 is 0. The fraction of sp³-hybridized carbons (Fsp3) is 0.500. The molecule has 0 aliphatic carbocycles. The van der Waals surface area contributed by atoms with Crippen LogP contribution >= 0.6 is 11.3 Å². The predicted octanol–water partition coefficient (Wildman–Crippen LogP) is 3.11. The van der Waals surface area contributed by atoms with Crippen LogP contribution in [0.25, 0.3) is 0 Å². The van der Waals surface area contributed by atoms with Crippen molar-refractivity contribution in [3.05, 3.63) is 41.2 Å². The van der Waals surface area contributed by atoms with E-state index in [4.69, 9.17) is 0 Å². The first-order valence-electron chi connectivity index (χ1n) is 7.25. The molecule has 0 aliphatic heterocycles. The number of hydrogen-bond donors (Lipinski definition) is 1. The van der Waals surface area contributed by atoms with Crippen LogP contribution in [0.15, 0.2) is 30.6 Å². The number of thiazole rings is 1. The Morgan fingerprint density at radius 2 is 2.05 bits per heavy atom. The van der Waals surface area contributed by atoms with Crippen LogP contribution in [0, 0.1) is 0 Å². The van der Waals surface area contributed by atoms with Crippen LogP contribution in [0.1, 0.15) is 31.3 Å². The summed E-state index contributed by atoms with van der Waals surface area (Å²) in [5, 5.41) is 4.56. The zero-order valence-corrected chi connectivity index (χ0v) is 14.1. The molecule has 0 aromatic carbocycles. The highest BCUT2D eigenvalue weighted by Crippen LogP contribution is 2.22. The molecule has 0 unspecified atom stereocenters. The van der Waals surface area contributed by atoms with E-state index in [1.165, 1.54) is 4.88 Å². The Hall–Kier alpha value is -1.46. The largest absolute Gasteiger partial charge is 0.351 e. The van der Waals surface area contributed by atoms with Crippen LogP contribution in [0.3, 0.4) is 0 Å². The molecule has 5 heteroatoms. The van der Waals surface area contributed by atoms with E-state index in [-0.39, 0.29) is 5.54 Å². The van der Waals surface area contributed by atoms with Crippen LogP contribution in [-0.2, 0) is 13.0 Å². The van der Waals surface area contributed by atoms with Crippen molar-refractivity contribution < 1.29 is 0 Å². The fourth-order valence-corrected chi connectivity index (χ4v) is 2.67. The molecule has 2 heterocycles. The number of pyridine rings is 1. The second-order valence-electron chi connectivity index (χ2n) is 6.21. The Morgan fingerprint density at radius 3 is 2.71 bits per heavy atom. The SMILES string of the molecule is CN(CCc1ccccn1)c1ncc(CNC(C)(C)C)s1. The number of aromatic nitrogens is 2. The lowest BCUT2D eigenvalue weighted by Gasteiger charge is -2.19. The Labute approximate surface area is 131 Å². The molecule has 0 aliphatic rings. The quantitative estimate of drug-likeness (QED) is 0.890. The van der Waals surface area contributed by atoms with Gasteiger partial charge in [0.05, 0.1) is 0 Å². The summed E-state index contributed by atoms with van der Waals surface area (Å²) in [6.07, 6.45) is 4.75. The monoisotopic (exact) mass is 304 g/mol. The Balaban J connectivity index is 1.85. The molecule has 4 nitrogen and oxygen atoms in total. The minimum Gasteiger partial charge on any atom is -0.351 e. The normalized spacial score (nSPS) is 11.6. The van der Waals surface area contributed by atoms with Crippen LogP contribution in [-0.4, -0.2) is 29.1 Å². The molecule has 0 saturated carbocycles. The van der Waals surface area contributed by atoms with E-state index in [2.05, 4.69) is 54.1 Å². The van der Waals surface area contributed by atoms with Gasteiger partial charge in [-0.05, 0) is 32.9 Å². The third-order valence-electron chi connectivity index (χ3n) is 3.09. The molecule has 0 saturated heterocycles. The molecular weight excluding hydrogens is 280 g/mol. The maximum Gasteiger partial charge on any atom is 0.185 e. The van der Waals surface area contributed by atoms with Gasteiger partial charge < -0.3 is 10.2 Å². The molecule has 0 spiro atoms. The van der Waals surface area contributed by atoms with Gasteiger partial charge in [-0.25, -0.2) is 4.98 Å². The summed E-state index contributed by atoms with van der Waals surface area (Å²) in [6.45, 7) is 8.32. The van der Waals surface area contributed by atoms with Crippen LogP contribution in [0.4, 0.5) is 5.13 Å². The summed E-state index contributed by atoms with van der Waals surface area (Å²) in [5.41, 5.74) is 1.25. The second-order valence-corrected chi connectivity index (χ2v) is 7.30. The first-order chi connectivity index (χ1) is 9.94. The average molecular weight is 304 g/mol. The lowest BCUT2D eigenvalue weighted by atomic mass is 10.1. The summed E-state index contributed by atoms with van der Waals surface area (Å²) in [7, 11) is 2.09. The molecule has 2 aromatic heterocycles. The van der Waals surface area contributed by atoms with Crippen molar-refractivity contribution in [2.75, 3.05) is 18.5 Å². The first-order valence-corrected chi connectivity index (χ1v) is 8.06. The number of hydrogen-bond acceptors (Lipinski definition) is 5. The number of nitrogens with zero attached hydrogens (tertiary/aromatic N) is 3. The standard InChI is InChI=1S/C16H24N4S/c1-16(2,3)19-12-14-11-18-15(21-14)20(4)10-8-13-7-5-6-9-17-13/h5-7,9,11,19H,8,10,12H2,1-4H3. The van der Waals surface area contributed by atoms with Crippen molar-refractivity contribution in [3.8, 4) is 0 Å². The highest BCUT2D eigenvalue weighted by atomic mass is 32.1. The smallest absolute Gasteiger partial charge is 0.185 e. The second kappa shape index (κ2) is 7.00. The number of likely N-dealkylation sites (N-methyl/N-ethyl adjacent to an activating group) is 1. The summed E-state index contributed by atoms with van der Waals surface area (Å²) in [5.74, 6) is 0. The topological polar surface area (TPSA) is 41.1 Å². The van der Waals surface area contributed by atoms with Gasteiger partial charge in [0, 0.05) is 55.1 Å². The fourth-order valence-electron chi connectivity index (χ4n) is 1.83. The van der Waals surface area contributed by atoms with Crippen LogP contribution in [0.2, 0.25) is 0 Å². The molecular formula is C16H24N4S. The van der Waals surface area contributed by atoms with Crippen molar-refractivity contribution in [2.45, 2.75) is 39.3 Å². The maximum atomic E-state index is 4.51. The van der Waals surface area contributed by atoms with Crippen molar-refractivity contribution in [1.29, 1.82) is 0 Å². The van der Waals surface area contributed by atoms with Crippen molar-refractivity contribution in [2.24, 2.45) is 0 Å². The molecule has 0 bridgehead atoms. The number of nitrogens with one attached hydrogen (secondary N) is 1. The summed E-state index contributed by atoms with van der Waals surface area (Å²) in [4.78, 5) is 12.3. The van der Waals surface area contributed by atoms with Crippen molar-refractivity contribution in [1.82, 2.24) is 15.3 Å². The zero-order chi connectivity index (χ0) is 15.3. The van der Waals surface area contributed by atoms with Crippen molar-refractivity contribution >= 4 is 16.5 Å². The first kappa shape index (κ1) is 15.9. The number of anilines is 1. The molecule has 0 fully saturated rings. The van der Waals surface area contributed by atoms with Gasteiger partial charge in [-0.15, -0.1) is 11.3 Å². The van der Waals surface area contributed by atoms with Gasteiger partial charge in [0.1, 0.15) is 0 Å². The molecule has 0 amide bonds. The summed E-state index contributed by atoms with van der Waals surface area (Å²) >= 11 is 1.75. The molecule has 0 radical (unpaired) electrons. The highest BCUT2D eigenvalue weighted by molar-refractivity contribution is 7.15. The number of rotatable bonds is 6. The van der Waals surface area contributed by atoms with Gasteiger partial charge in [-0.2, -0.15) is 0 Å². The van der Waals surface area contributed by atoms with Gasteiger partial charge in [-0.1, -0.05) is 6.07 Å². The van der Waals surface area contributed by atoms with E-state index in [0.717, 1.165) is 30.3 Å². The van der Waals surface area contributed by atoms with Gasteiger partial charge in [0.15, 0.2) is 5.13 Å². The lowest BCUT2D eigenvalue weighted by Crippen LogP contribution is -2.34. The Kier molecular flexibility index (Phi) is 5.31. The highest BCUT2D eigenvalue weighted by Gasteiger charge is 2.11. The molecule has 2 aromatic rings. The van der Waals surface area contributed by atoms with Crippen LogP contribution < -0.4 is 10.2 Å². The minimum absolute atomic E-state index is 0.134. The van der Waals surface area contributed by atoms with Crippen molar-refractivity contribution in [3.63, 3.8) is 0 Å². The van der Waals surface area contributed by atoms with E-state index in [1.54, 1.807) is 11.3 Å². The molecule has 21 heavy (non-hydrogen) atoms. The van der Waals surface area contributed by atoms with E-state index >= 15 is 0 Å². The van der Waals surface area contributed by atoms with Gasteiger partial charge in [-0.3, -0.25) is 4.98 Å². The Bertz CT molecular complexity index is 545. The molecule has 2 rings (SSSR count). The zero-order valence-electron chi connectivity index (χ0n) is 13.3. The van der Waals surface area contributed by atoms with E-state index in [0.29, 0.717) is 0 Å². The molecule has 1 N–H and O–H groups in total. The third kappa shape index (κ3) is 5.44. The third-order valence-corrected chi connectivity index (χ3v) is 4.20. The Morgan fingerprint density at radius 1 is 1.24 bits per heavy atom. The molecule has 114 valence electrons. The predicted molar refractivity (Wildman–Crippen MR) is 89.9 cm³/mol. The summed E-state index contributed by atoms with van der Waals surface area (Å²) in [6, 6.07) is 6.04.